The molecule has 2 rings (SSSR count). The summed E-state index contributed by atoms with van der Waals surface area (Å²) in [5.74, 6) is 0. The number of hydrogen-bond donors (Lipinski definition) is 0. The van der Waals surface area contributed by atoms with Crippen LogP contribution in [0.25, 0.3) is 11.1 Å². The molecule has 0 aliphatic heterocycles. The standard InChI is InChI=1S/C15H14ClNO2/c1-2-3-11-4-6-12(7-5-11)14-9-8-13(16)10-15(14)17(18)19/h4-10H,2-3H2,1H3. The second-order valence-corrected chi connectivity index (χ2v) is 4.80. The zero-order valence-corrected chi connectivity index (χ0v) is 11.4. The van der Waals surface area contributed by atoms with E-state index in [0.29, 0.717) is 10.6 Å². The molecule has 19 heavy (non-hydrogen) atoms. The Balaban J connectivity index is 2.43. The predicted octanol–water partition coefficient (Wildman–Crippen LogP) is 4.87. The average Bonchev–Trinajstić information content (AvgIpc) is 2.40. The van der Waals surface area contributed by atoms with Crippen molar-refractivity contribution < 1.29 is 4.92 Å². The maximum Gasteiger partial charge on any atom is 0.278 e. The minimum atomic E-state index is -0.402. The number of halogens is 1. The zero-order chi connectivity index (χ0) is 13.8. The van der Waals surface area contributed by atoms with Crippen molar-refractivity contribution in [2.45, 2.75) is 19.8 Å². The molecule has 0 saturated carbocycles. The first kappa shape index (κ1) is 13.6. The van der Waals surface area contributed by atoms with Crippen molar-refractivity contribution in [3.8, 4) is 11.1 Å². The van der Waals surface area contributed by atoms with Crippen LogP contribution < -0.4 is 0 Å². The maximum atomic E-state index is 11.1. The number of nitro groups is 1. The molecule has 0 spiro atoms. The van der Waals surface area contributed by atoms with Gasteiger partial charge in [0.1, 0.15) is 0 Å². The maximum absolute atomic E-state index is 11.1. The summed E-state index contributed by atoms with van der Waals surface area (Å²) in [6, 6.07) is 12.6. The van der Waals surface area contributed by atoms with Crippen molar-refractivity contribution in [1.82, 2.24) is 0 Å². The van der Waals surface area contributed by atoms with E-state index < -0.39 is 4.92 Å². The van der Waals surface area contributed by atoms with Gasteiger partial charge in [0.2, 0.25) is 0 Å². The van der Waals surface area contributed by atoms with Gasteiger partial charge >= 0.3 is 0 Å². The fourth-order valence-electron chi connectivity index (χ4n) is 2.04. The molecule has 0 aliphatic rings. The van der Waals surface area contributed by atoms with Crippen LogP contribution in [0.2, 0.25) is 5.02 Å². The van der Waals surface area contributed by atoms with Crippen LogP contribution in [0, 0.1) is 10.1 Å². The second kappa shape index (κ2) is 5.85. The van der Waals surface area contributed by atoms with Crippen molar-refractivity contribution in [1.29, 1.82) is 0 Å². The second-order valence-electron chi connectivity index (χ2n) is 4.37. The SMILES string of the molecule is CCCc1ccc(-c2ccc(Cl)cc2[N+](=O)[O-])cc1. The minimum Gasteiger partial charge on any atom is -0.258 e. The molecule has 3 nitrogen and oxygen atoms in total. The fraction of sp³-hybridized carbons (Fsp3) is 0.200. The summed E-state index contributed by atoms with van der Waals surface area (Å²) >= 11 is 5.81. The molecular formula is C15H14ClNO2. The van der Waals surface area contributed by atoms with E-state index in [4.69, 9.17) is 11.6 Å². The Morgan fingerprint density at radius 3 is 2.42 bits per heavy atom. The largest absolute Gasteiger partial charge is 0.278 e. The van der Waals surface area contributed by atoms with Gasteiger partial charge in [0, 0.05) is 11.1 Å². The van der Waals surface area contributed by atoms with Crippen LogP contribution in [0.4, 0.5) is 5.69 Å². The van der Waals surface area contributed by atoms with Crippen LogP contribution in [0.5, 0.6) is 0 Å². The van der Waals surface area contributed by atoms with Gasteiger partial charge in [-0.15, -0.1) is 0 Å². The van der Waals surface area contributed by atoms with Crippen molar-refractivity contribution in [2.75, 3.05) is 0 Å². The van der Waals surface area contributed by atoms with Crippen LogP contribution >= 0.6 is 11.6 Å². The Labute approximate surface area is 117 Å². The molecule has 0 heterocycles. The number of rotatable bonds is 4. The Morgan fingerprint density at radius 2 is 1.84 bits per heavy atom. The summed E-state index contributed by atoms with van der Waals surface area (Å²) in [4.78, 5) is 10.7. The lowest BCUT2D eigenvalue weighted by Gasteiger charge is -2.05. The van der Waals surface area contributed by atoms with Gasteiger partial charge in [-0.2, -0.15) is 0 Å². The van der Waals surface area contributed by atoms with Gasteiger partial charge in [0.05, 0.1) is 10.5 Å². The topological polar surface area (TPSA) is 43.1 Å². The van der Waals surface area contributed by atoms with Crippen molar-refractivity contribution in [3.63, 3.8) is 0 Å². The first-order valence-electron chi connectivity index (χ1n) is 6.15. The molecule has 0 amide bonds. The highest BCUT2D eigenvalue weighted by Crippen LogP contribution is 2.32. The minimum absolute atomic E-state index is 0.0377. The zero-order valence-electron chi connectivity index (χ0n) is 10.6. The third-order valence-corrected chi connectivity index (χ3v) is 3.20. The molecule has 0 aliphatic carbocycles. The molecular weight excluding hydrogens is 262 g/mol. The predicted molar refractivity (Wildman–Crippen MR) is 77.5 cm³/mol. The van der Waals surface area contributed by atoms with Crippen LogP contribution in [0.15, 0.2) is 42.5 Å². The van der Waals surface area contributed by atoms with Crippen LogP contribution in [0.3, 0.4) is 0 Å². The molecule has 0 unspecified atom stereocenters. The fourth-order valence-corrected chi connectivity index (χ4v) is 2.21. The summed E-state index contributed by atoms with van der Waals surface area (Å²) in [5, 5.41) is 11.4. The first-order chi connectivity index (χ1) is 9.11. The van der Waals surface area contributed by atoms with Crippen molar-refractivity contribution >= 4 is 17.3 Å². The summed E-state index contributed by atoms with van der Waals surface area (Å²) in [6.07, 6.45) is 2.10. The van der Waals surface area contributed by atoms with E-state index in [1.54, 1.807) is 12.1 Å². The van der Waals surface area contributed by atoms with E-state index in [0.717, 1.165) is 18.4 Å². The van der Waals surface area contributed by atoms with E-state index in [1.807, 2.05) is 24.3 Å². The number of benzene rings is 2. The number of nitro benzene ring substituents is 1. The molecule has 4 heteroatoms. The van der Waals surface area contributed by atoms with Gasteiger partial charge in [-0.25, -0.2) is 0 Å². The lowest BCUT2D eigenvalue weighted by Crippen LogP contribution is -1.92. The normalized spacial score (nSPS) is 10.4. The van der Waals surface area contributed by atoms with Crippen LogP contribution in [-0.2, 0) is 6.42 Å². The molecule has 0 bridgehead atoms. The van der Waals surface area contributed by atoms with E-state index in [2.05, 4.69) is 6.92 Å². The highest BCUT2D eigenvalue weighted by Gasteiger charge is 2.15. The Hall–Kier alpha value is -1.87. The summed E-state index contributed by atoms with van der Waals surface area (Å²) < 4.78 is 0. The van der Waals surface area contributed by atoms with Crippen molar-refractivity contribution in [3.05, 3.63) is 63.2 Å². The Bertz CT molecular complexity index is 594. The highest BCUT2D eigenvalue weighted by molar-refractivity contribution is 6.30. The number of nitrogens with zero attached hydrogens (tertiary/aromatic N) is 1. The molecule has 0 aromatic heterocycles. The third-order valence-electron chi connectivity index (χ3n) is 2.96. The van der Waals surface area contributed by atoms with Crippen LogP contribution in [-0.4, -0.2) is 4.92 Å². The van der Waals surface area contributed by atoms with Crippen molar-refractivity contribution in [2.24, 2.45) is 0 Å². The van der Waals surface area contributed by atoms with E-state index >= 15 is 0 Å². The summed E-state index contributed by atoms with van der Waals surface area (Å²) in [6.45, 7) is 2.12. The molecule has 0 fully saturated rings. The molecule has 98 valence electrons. The third kappa shape index (κ3) is 3.12. The lowest BCUT2D eigenvalue weighted by molar-refractivity contribution is -0.384. The Morgan fingerprint density at radius 1 is 1.16 bits per heavy atom. The van der Waals surface area contributed by atoms with E-state index in [1.165, 1.54) is 11.6 Å². The first-order valence-corrected chi connectivity index (χ1v) is 6.53. The van der Waals surface area contributed by atoms with Gasteiger partial charge in [-0.05, 0) is 29.7 Å². The average molecular weight is 276 g/mol. The number of hydrogen-bond acceptors (Lipinski definition) is 2. The smallest absolute Gasteiger partial charge is 0.258 e. The van der Waals surface area contributed by atoms with Gasteiger partial charge in [-0.1, -0.05) is 49.2 Å². The molecule has 0 radical (unpaired) electrons. The van der Waals surface area contributed by atoms with E-state index in [9.17, 15) is 10.1 Å². The van der Waals surface area contributed by atoms with Gasteiger partial charge in [0.15, 0.2) is 0 Å². The molecule has 0 N–H and O–H groups in total. The highest BCUT2D eigenvalue weighted by atomic mass is 35.5. The van der Waals surface area contributed by atoms with Gasteiger partial charge in [0.25, 0.3) is 5.69 Å². The van der Waals surface area contributed by atoms with E-state index in [-0.39, 0.29) is 5.69 Å². The molecule has 2 aromatic rings. The lowest BCUT2D eigenvalue weighted by atomic mass is 10.0. The van der Waals surface area contributed by atoms with Gasteiger partial charge in [-0.3, -0.25) is 10.1 Å². The summed E-state index contributed by atoms with van der Waals surface area (Å²) in [5.41, 5.74) is 2.71. The van der Waals surface area contributed by atoms with Crippen LogP contribution in [0.1, 0.15) is 18.9 Å². The molecule has 0 saturated heterocycles. The number of aryl methyl sites for hydroxylation is 1. The Kier molecular flexibility index (Phi) is 4.17. The summed E-state index contributed by atoms with van der Waals surface area (Å²) in [7, 11) is 0. The molecule has 0 atom stereocenters. The monoisotopic (exact) mass is 275 g/mol. The van der Waals surface area contributed by atoms with Gasteiger partial charge < -0.3 is 0 Å². The molecule has 2 aromatic carbocycles. The quantitative estimate of drug-likeness (QED) is 0.590.